The monoisotopic (exact) mass is 304 g/mol. The van der Waals surface area contributed by atoms with E-state index in [-0.39, 0.29) is 0 Å². The molecular formula is C15H17BrN2. The van der Waals surface area contributed by atoms with Crippen molar-refractivity contribution in [2.24, 2.45) is 5.92 Å². The third-order valence-electron chi connectivity index (χ3n) is 4.40. The highest BCUT2D eigenvalue weighted by molar-refractivity contribution is 9.10. The van der Waals surface area contributed by atoms with Gasteiger partial charge in [-0.3, -0.25) is 0 Å². The summed E-state index contributed by atoms with van der Waals surface area (Å²) in [7, 11) is 0. The van der Waals surface area contributed by atoms with Crippen LogP contribution in [0.25, 0.3) is 0 Å². The molecule has 1 aromatic rings. The number of fused-ring (bicyclic) bond motifs is 1. The average molecular weight is 305 g/mol. The van der Waals surface area contributed by atoms with Crippen LogP contribution in [-0.2, 0) is 0 Å². The van der Waals surface area contributed by atoms with Crippen molar-refractivity contribution in [1.29, 1.82) is 5.26 Å². The van der Waals surface area contributed by atoms with Crippen molar-refractivity contribution >= 4 is 21.6 Å². The fourth-order valence-corrected chi connectivity index (χ4v) is 3.91. The predicted molar refractivity (Wildman–Crippen MR) is 76.6 cm³/mol. The highest BCUT2D eigenvalue weighted by Gasteiger charge is 2.36. The van der Waals surface area contributed by atoms with Gasteiger partial charge in [-0.2, -0.15) is 5.26 Å². The van der Waals surface area contributed by atoms with Gasteiger partial charge in [-0.15, -0.1) is 0 Å². The Balaban J connectivity index is 1.93. The van der Waals surface area contributed by atoms with Gasteiger partial charge in [0.05, 0.1) is 11.3 Å². The second-order valence-electron chi connectivity index (χ2n) is 5.37. The summed E-state index contributed by atoms with van der Waals surface area (Å²) in [6, 6.07) is 9.09. The maximum Gasteiger partial charge on any atom is 0.101 e. The lowest BCUT2D eigenvalue weighted by atomic mass is 9.85. The van der Waals surface area contributed by atoms with Crippen LogP contribution in [0.4, 0.5) is 5.69 Å². The van der Waals surface area contributed by atoms with Crippen molar-refractivity contribution in [1.82, 2.24) is 0 Å². The summed E-state index contributed by atoms with van der Waals surface area (Å²) in [4.78, 5) is 2.48. The van der Waals surface area contributed by atoms with Gasteiger partial charge in [0.2, 0.25) is 0 Å². The summed E-state index contributed by atoms with van der Waals surface area (Å²) in [5.74, 6) is 0.855. The first kappa shape index (κ1) is 12.0. The zero-order valence-electron chi connectivity index (χ0n) is 10.4. The summed E-state index contributed by atoms with van der Waals surface area (Å²) in [5.41, 5.74) is 1.94. The molecular weight excluding hydrogens is 288 g/mol. The molecule has 1 aliphatic carbocycles. The summed E-state index contributed by atoms with van der Waals surface area (Å²) in [6.07, 6.45) is 6.70. The standard InChI is InChI=1S/C15H17BrN2/c16-13-5-6-15(12(9-13)10-17)18-8-7-11-3-1-2-4-14(11)18/h5-6,9,11,14H,1-4,7-8H2. The smallest absolute Gasteiger partial charge is 0.101 e. The van der Waals surface area contributed by atoms with Gasteiger partial charge in [-0.05, 0) is 43.4 Å². The molecule has 0 radical (unpaired) electrons. The number of rotatable bonds is 1. The van der Waals surface area contributed by atoms with Gasteiger partial charge in [0.1, 0.15) is 6.07 Å². The maximum absolute atomic E-state index is 9.30. The van der Waals surface area contributed by atoms with E-state index in [1.54, 1.807) is 0 Å². The second kappa shape index (κ2) is 4.93. The third kappa shape index (κ3) is 2.03. The molecule has 1 saturated heterocycles. The van der Waals surface area contributed by atoms with Crippen LogP contribution < -0.4 is 4.90 Å². The van der Waals surface area contributed by atoms with E-state index in [4.69, 9.17) is 0 Å². The normalized spacial score (nSPS) is 26.8. The van der Waals surface area contributed by atoms with E-state index in [0.717, 1.165) is 28.2 Å². The number of benzene rings is 1. The number of nitriles is 1. The molecule has 1 heterocycles. The van der Waals surface area contributed by atoms with E-state index in [0.29, 0.717) is 6.04 Å². The van der Waals surface area contributed by atoms with Crippen molar-refractivity contribution in [3.05, 3.63) is 28.2 Å². The minimum Gasteiger partial charge on any atom is -0.367 e. The molecule has 3 heteroatoms. The number of anilines is 1. The molecule has 2 atom stereocenters. The van der Waals surface area contributed by atoms with Crippen LogP contribution in [-0.4, -0.2) is 12.6 Å². The molecule has 1 aromatic carbocycles. The molecule has 2 unspecified atom stereocenters. The Kier molecular flexibility index (Phi) is 3.30. The van der Waals surface area contributed by atoms with Crippen LogP contribution in [0.2, 0.25) is 0 Å². The van der Waals surface area contributed by atoms with E-state index in [1.165, 1.54) is 32.1 Å². The Bertz CT molecular complexity index is 492. The zero-order chi connectivity index (χ0) is 12.5. The van der Waals surface area contributed by atoms with E-state index in [2.05, 4.69) is 33.0 Å². The molecule has 0 amide bonds. The van der Waals surface area contributed by atoms with Gasteiger partial charge < -0.3 is 4.90 Å². The Labute approximate surface area is 117 Å². The Morgan fingerprint density at radius 3 is 2.89 bits per heavy atom. The van der Waals surface area contributed by atoms with Gasteiger partial charge in [0, 0.05) is 17.1 Å². The van der Waals surface area contributed by atoms with Crippen molar-refractivity contribution in [2.75, 3.05) is 11.4 Å². The van der Waals surface area contributed by atoms with Crippen LogP contribution in [0.3, 0.4) is 0 Å². The number of hydrogen-bond acceptors (Lipinski definition) is 2. The molecule has 94 valence electrons. The first-order valence-electron chi connectivity index (χ1n) is 6.76. The zero-order valence-corrected chi connectivity index (χ0v) is 12.0. The summed E-state index contributed by atoms with van der Waals surface area (Å²) in [6.45, 7) is 1.12. The number of halogens is 1. The number of hydrogen-bond donors (Lipinski definition) is 0. The Hall–Kier alpha value is -1.01. The van der Waals surface area contributed by atoms with E-state index in [9.17, 15) is 5.26 Å². The largest absolute Gasteiger partial charge is 0.367 e. The van der Waals surface area contributed by atoms with Crippen LogP contribution >= 0.6 is 15.9 Å². The van der Waals surface area contributed by atoms with Crippen LogP contribution in [0, 0.1) is 17.2 Å². The maximum atomic E-state index is 9.30. The highest BCUT2D eigenvalue weighted by atomic mass is 79.9. The molecule has 0 spiro atoms. The van der Waals surface area contributed by atoms with Gasteiger partial charge in [0.15, 0.2) is 0 Å². The molecule has 2 aliphatic rings. The fourth-order valence-electron chi connectivity index (χ4n) is 3.55. The van der Waals surface area contributed by atoms with E-state index in [1.807, 2.05) is 12.1 Å². The first-order chi connectivity index (χ1) is 8.79. The molecule has 2 fully saturated rings. The summed E-state index contributed by atoms with van der Waals surface area (Å²) < 4.78 is 0.988. The molecule has 1 aliphatic heterocycles. The lowest BCUT2D eigenvalue weighted by Gasteiger charge is -2.33. The average Bonchev–Trinajstić information content (AvgIpc) is 2.82. The summed E-state index contributed by atoms with van der Waals surface area (Å²) >= 11 is 3.44. The molecule has 3 rings (SSSR count). The quantitative estimate of drug-likeness (QED) is 0.781. The minimum absolute atomic E-state index is 0.673. The predicted octanol–water partition coefficient (Wildman–Crippen LogP) is 4.09. The third-order valence-corrected chi connectivity index (χ3v) is 4.89. The molecule has 1 saturated carbocycles. The highest BCUT2D eigenvalue weighted by Crippen LogP contribution is 2.40. The SMILES string of the molecule is N#Cc1cc(Br)ccc1N1CCC2CCCCC21. The summed E-state index contributed by atoms with van der Waals surface area (Å²) in [5, 5.41) is 9.30. The van der Waals surface area contributed by atoms with E-state index < -0.39 is 0 Å². The lowest BCUT2D eigenvalue weighted by molar-refractivity contribution is 0.342. The van der Waals surface area contributed by atoms with Crippen molar-refractivity contribution in [3.63, 3.8) is 0 Å². The van der Waals surface area contributed by atoms with Crippen molar-refractivity contribution in [3.8, 4) is 6.07 Å². The Morgan fingerprint density at radius 1 is 1.22 bits per heavy atom. The van der Waals surface area contributed by atoms with Gasteiger partial charge in [-0.25, -0.2) is 0 Å². The number of nitrogens with zero attached hydrogens (tertiary/aromatic N) is 2. The lowest BCUT2D eigenvalue weighted by Crippen LogP contribution is -2.35. The molecule has 0 bridgehead atoms. The topological polar surface area (TPSA) is 27.0 Å². The molecule has 0 N–H and O–H groups in total. The fraction of sp³-hybridized carbons (Fsp3) is 0.533. The Morgan fingerprint density at radius 2 is 2.06 bits per heavy atom. The second-order valence-corrected chi connectivity index (χ2v) is 6.28. The van der Waals surface area contributed by atoms with E-state index >= 15 is 0 Å². The molecule has 18 heavy (non-hydrogen) atoms. The van der Waals surface area contributed by atoms with Gasteiger partial charge in [0.25, 0.3) is 0 Å². The molecule has 0 aromatic heterocycles. The van der Waals surface area contributed by atoms with Crippen LogP contribution in [0.1, 0.15) is 37.7 Å². The van der Waals surface area contributed by atoms with Crippen molar-refractivity contribution < 1.29 is 0 Å². The van der Waals surface area contributed by atoms with Crippen LogP contribution in [0.15, 0.2) is 22.7 Å². The first-order valence-corrected chi connectivity index (χ1v) is 7.55. The van der Waals surface area contributed by atoms with Crippen molar-refractivity contribution in [2.45, 2.75) is 38.1 Å². The van der Waals surface area contributed by atoms with Gasteiger partial charge in [-0.1, -0.05) is 28.8 Å². The van der Waals surface area contributed by atoms with Crippen LogP contribution in [0.5, 0.6) is 0 Å². The molecule has 2 nitrogen and oxygen atoms in total. The van der Waals surface area contributed by atoms with Gasteiger partial charge >= 0.3 is 0 Å². The minimum atomic E-state index is 0.673.